The molecule has 0 saturated carbocycles. The lowest BCUT2D eigenvalue weighted by molar-refractivity contribution is -0.137. The number of nitrogens with one attached hydrogen (secondary N) is 1. The minimum absolute atomic E-state index is 0.0985. The molecule has 0 radical (unpaired) electrons. The number of nitrogens with zero attached hydrogens (tertiary/aromatic N) is 1. The van der Waals surface area contributed by atoms with Gasteiger partial charge in [-0.25, -0.2) is 5.43 Å². The molecule has 1 heterocycles. The molecule has 3 aromatic rings. The van der Waals surface area contributed by atoms with Gasteiger partial charge in [-0.15, -0.1) is 11.3 Å². The Balaban J connectivity index is 1.71. The number of benzene rings is 2. The van der Waals surface area contributed by atoms with Gasteiger partial charge in [0.25, 0.3) is 0 Å². The summed E-state index contributed by atoms with van der Waals surface area (Å²) in [6.07, 6.45) is -3.22. The third kappa shape index (κ3) is 6.15. The largest absolute Gasteiger partial charge is 0.416 e. The molecule has 0 aliphatic carbocycles. The Labute approximate surface area is 180 Å². The molecule has 3 rings (SSSR count). The first-order valence-electron chi connectivity index (χ1n) is 8.70. The zero-order valence-electron chi connectivity index (χ0n) is 15.7. The summed E-state index contributed by atoms with van der Waals surface area (Å²) in [5.74, 6) is -0.451. The molecule has 0 bridgehead atoms. The Morgan fingerprint density at radius 2 is 1.77 bits per heavy atom. The molecule has 0 aliphatic rings. The fourth-order valence-electron chi connectivity index (χ4n) is 2.42. The first-order valence-corrected chi connectivity index (χ1v) is 11.0. The summed E-state index contributed by atoms with van der Waals surface area (Å²) in [5, 5.41) is 5.65. The van der Waals surface area contributed by atoms with Crippen LogP contribution in [0.5, 0.6) is 5.75 Å². The van der Waals surface area contributed by atoms with Gasteiger partial charge in [0.1, 0.15) is 4.90 Å². The maximum atomic E-state index is 12.7. The van der Waals surface area contributed by atoms with E-state index in [9.17, 15) is 26.4 Å². The van der Waals surface area contributed by atoms with Crippen LogP contribution in [0.25, 0.3) is 0 Å². The Morgan fingerprint density at radius 1 is 1.06 bits per heavy atom. The molecule has 0 aliphatic heterocycles. The second-order valence-electron chi connectivity index (χ2n) is 6.15. The molecule has 1 N–H and O–H groups in total. The fourth-order valence-corrected chi connectivity index (χ4v) is 4.08. The topological polar surface area (TPSA) is 84.8 Å². The molecule has 0 unspecified atom stereocenters. The molecule has 31 heavy (non-hydrogen) atoms. The number of alkyl halides is 3. The Kier molecular flexibility index (Phi) is 6.76. The molecule has 11 heteroatoms. The van der Waals surface area contributed by atoms with Gasteiger partial charge in [-0.2, -0.15) is 26.7 Å². The summed E-state index contributed by atoms with van der Waals surface area (Å²) in [5.41, 5.74) is 1.61. The number of para-hydroxylation sites is 1. The lowest BCUT2D eigenvalue weighted by Gasteiger charge is -2.11. The normalized spacial score (nSPS) is 12.1. The zero-order chi connectivity index (χ0) is 22.5. The van der Waals surface area contributed by atoms with Gasteiger partial charge in [0.05, 0.1) is 18.2 Å². The molecule has 1 aromatic heterocycles. The summed E-state index contributed by atoms with van der Waals surface area (Å²) >= 11 is 1.43. The number of carbonyl (C=O) groups excluding carboxylic acids is 1. The van der Waals surface area contributed by atoms with E-state index in [2.05, 4.69) is 10.5 Å². The number of carbonyl (C=O) groups is 1. The summed E-state index contributed by atoms with van der Waals surface area (Å²) in [6.45, 7) is 0. The van der Waals surface area contributed by atoms with Crippen molar-refractivity contribution in [1.29, 1.82) is 0 Å². The predicted octanol–water partition coefficient (Wildman–Crippen LogP) is 4.23. The van der Waals surface area contributed by atoms with Gasteiger partial charge in [0.15, 0.2) is 5.75 Å². The monoisotopic (exact) mass is 468 g/mol. The van der Waals surface area contributed by atoms with Crippen LogP contribution >= 0.6 is 11.3 Å². The van der Waals surface area contributed by atoms with Gasteiger partial charge < -0.3 is 4.18 Å². The number of hydrogen-bond donors (Lipinski definition) is 1. The number of hydrazone groups is 1. The van der Waals surface area contributed by atoms with E-state index in [0.717, 1.165) is 17.0 Å². The second kappa shape index (κ2) is 9.31. The SMILES string of the molecule is O=C(Cc1cccs1)NN=Cc1ccccc1OS(=O)(=O)c1ccc(C(F)(F)F)cc1. The summed E-state index contributed by atoms with van der Waals surface area (Å²) in [6, 6.07) is 12.6. The molecular weight excluding hydrogens is 453 g/mol. The lowest BCUT2D eigenvalue weighted by atomic mass is 10.2. The first-order chi connectivity index (χ1) is 14.6. The minimum atomic E-state index is -4.58. The highest BCUT2D eigenvalue weighted by atomic mass is 32.2. The maximum absolute atomic E-state index is 12.7. The van der Waals surface area contributed by atoms with E-state index < -0.39 is 26.8 Å². The Morgan fingerprint density at radius 3 is 2.42 bits per heavy atom. The highest BCUT2D eigenvalue weighted by Crippen LogP contribution is 2.30. The molecule has 2 aromatic carbocycles. The van der Waals surface area contributed by atoms with Crippen LogP contribution in [0, 0.1) is 0 Å². The second-order valence-corrected chi connectivity index (χ2v) is 8.73. The van der Waals surface area contributed by atoms with Crippen LogP contribution in [0.1, 0.15) is 16.0 Å². The minimum Gasteiger partial charge on any atom is -0.378 e. The van der Waals surface area contributed by atoms with Crippen molar-refractivity contribution in [3.63, 3.8) is 0 Å². The van der Waals surface area contributed by atoms with E-state index in [1.54, 1.807) is 6.07 Å². The van der Waals surface area contributed by atoms with Crippen LogP contribution in [-0.2, 0) is 27.5 Å². The third-order valence-electron chi connectivity index (χ3n) is 3.90. The summed E-state index contributed by atoms with van der Waals surface area (Å²) in [7, 11) is -4.39. The molecule has 0 saturated heterocycles. The third-order valence-corrected chi connectivity index (χ3v) is 6.02. The lowest BCUT2D eigenvalue weighted by Crippen LogP contribution is -2.19. The van der Waals surface area contributed by atoms with Crippen molar-refractivity contribution >= 4 is 33.6 Å². The van der Waals surface area contributed by atoms with Crippen molar-refractivity contribution in [3.05, 3.63) is 82.0 Å². The van der Waals surface area contributed by atoms with Crippen LogP contribution in [-0.4, -0.2) is 20.5 Å². The Hall–Kier alpha value is -3.18. The average molecular weight is 468 g/mol. The van der Waals surface area contributed by atoms with Crippen molar-refractivity contribution < 1.29 is 30.6 Å². The van der Waals surface area contributed by atoms with Crippen molar-refractivity contribution in [2.45, 2.75) is 17.5 Å². The molecule has 0 fully saturated rings. The molecule has 0 atom stereocenters. The summed E-state index contributed by atoms with van der Waals surface area (Å²) in [4.78, 5) is 12.3. The molecule has 0 spiro atoms. The zero-order valence-corrected chi connectivity index (χ0v) is 17.3. The van der Waals surface area contributed by atoms with Gasteiger partial charge in [0, 0.05) is 10.4 Å². The average Bonchev–Trinajstić information content (AvgIpc) is 3.21. The van der Waals surface area contributed by atoms with Crippen LogP contribution in [0.2, 0.25) is 0 Å². The number of thiophene rings is 1. The van der Waals surface area contributed by atoms with E-state index in [1.807, 2.05) is 17.5 Å². The van der Waals surface area contributed by atoms with Crippen molar-refractivity contribution in [1.82, 2.24) is 5.43 Å². The van der Waals surface area contributed by atoms with Crippen molar-refractivity contribution in [3.8, 4) is 5.75 Å². The van der Waals surface area contributed by atoms with E-state index >= 15 is 0 Å². The van der Waals surface area contributed by atoms with Gasteiger partial charge in [-0.3, -0.25) is 4.79 Å². The van der Waals surface area contributed by atoms with Gasteiger partial charge in [0.2, 0.25) is 5.91 Å². The van der Waals surface area contributed by atoms with Crippen LogP contribution < -0.4 is 9.61 Å². The van der Waals surface area contributed by atoms with E-state index in [4.69, 9.17) is 4.18 Å². The van der Waals surface area contributed by atoms with Gasteiger partial charge >= 0.3 is 16.3 Å². The number of hydrogen-bond acceptors (Lipinski definition) is 6. The standard InChI is InChI=1S/C20H15F3N2O4S2/c21-20(22,23)15-7-9-17(10-8-15)31(27,28)29-18-6-2-1-4-14(18)13-24-25-19(26)12-16-5-3-11-30-16/h1-11,13H,12H2,(H,25,26). The quantitative estimate of drug-likeness (QED) is 0.320. The fraction of sp³-hybridized carbons (Fsp3) is 0.100. The maximum Gasteiger partial charge on any atom is 0.416 e. The number of amides is 1. The molecule has 1 amide bonds. The van der Waals surface area contributed by atoms with Gasteiger partial charge in [-0.05, 0) is 47.8 Å². The number of rotatable bonds is 7. The molecular formula is C20H15F3N2O4S2. The first kappa shape index (κ1) is 22.5. The van der Waals surface area contributed by atoms with Crippen molar-refractivity contribution in [2.75, 3.05) is 0 Å². The predicted molar refractivity (Wildman–Crippen MR) is 109 cm³/mol. The molecule has 6 nitrogen and oxygen atoms in total. The highest BCUT2D eigenvalue weighted by molar-refractivity contribution is 7.87. The van der Waals surface area contributed by atoms with E-state index in [-0.39, 0.29) is 23.6 Å². The highest BCUT2D eigenvalue weighted by Gasteiger charge is 2.31. The van der Waals surface area contributed by atoms with E-state index in [1.165, 1.54) is 35.8 Å². The van der Waals surface area contributed by atoms with Crippen LogP contribution in [0.15, 0.2) is 76.0 Å². The van der Waals surface area contributed by atoms with Crippen LogP contribution in [0.3, 0.4) is 0 Å². The summed E-state index contributed by atoms with van der Waals surface area (Å²) < 4.78 is 68.0. The van der Waals surface area contributed by atoms with E-state index in [0.29, 0.717) is 12.1 Å². The molecule has 162 valence electrons. The smallest absolute Gasteiger partial charge is 0.378 e. The number of halogens is 3. The van der Waals surface area contributed by atoms with Gasteiger partial charge in [-0.1, -0.05) is 18.2 Å². The Bertz CT molecular complexity index is 1170. The van der Waals surface area contributed by atoms with Crippen LogP contribution in [0.4, 0.5) is 13.2 Å². The van der Waals surface area contributed by atoms with Crippen molar-refractivity contribution in [2.24, 2.45) is 5.10 Å².